The summed E-state index contributed by atoms with van der Waals surface area (Å²) in [6.07, 6.45) is 2.46. The third-order valence-electron chi connectivity index (χ3n) is 3.72. The van der Waals surface area contributed by atoms with Crippen LogP contribution in [0.5, 0.6) is 0 Å². The highest BCUT2D eigenvalue weighted by Crippen LogP contribution is 2.43. The molecule has 88 valence electrons. The van der Waals surface area contributed by atoms with E-state index in [1.165, 1.54) is 11.1 Å². The first-order valence-electron chi connectivity index (χ1n) is 6.00. The summed E-state index contributed by atoms with van der Waals surface area (Å²) in [4.78, 5) is 0. The van der Waals surface area contributed by atoms with Gasteiger partial charge in [0, 0.05) is 13.0 Å². The first-order valence-corrected chi connectivity index (χ1v) is 6.00. The average molecular weight is 221 g/mol. The fourth-order valence-electron chi connectivity index (χ4n) is 2.24. The van der Waals surface area contributed by atoms with Crippen LogP contribution in [0.2, 0.25) is 0 Å². The molecule has 1 aliphatic carbocycles. The summed E-state index contributed by atoms with van der Waals surface area (Å²) in [5.74, 6) is 0.194. The maximum Gasteiger partial charge on any atom is 0.130 e. The summed E-state index contributed by atoms with van der Waals surface area (Å²) in [5.41, 5.74) is 7.97. The number of benzene rings is 1. The highest BCUT2D eigenvalue weighted by atomic mass is 19.1. The van der Waals surface area contributed by atoms with Crippen LogP contribution in [0.4, 0.5) is 4.39 Å². The Morgan fingerprint density at radius 2 is 2.00 bits per heavy atom. The molecule has 1 saturated carbocycles. The summed E-state index contributed by atoms with van der Waals surface area (Å²) in [5, 5.41) is 0. The Balaban J connectivity index is 2.15. The lowest BCUT2D eigenvalue weighted by Gasteiger charge is -2.23. The lowest BCUT2D eigenvalue weighted by Crippen LogP contribution is -2.37. The molecule has 2 heteroatoms. The van der Waals surface area contributed by atoms with Crippen molar-refractivity contribution >= 4 is 0 Å². The van der Waals surface area contributed by atoms with E-state index in [-0.39, 0.29) is 12.5 Å². The van der Waals surface area contributed by atoms with Crippen molar-refractivity contribution in [1.82, 2.24) is 0 Å². The van der Waals surface area contributed by atoms with Gasteiger partial charge in [0.15, 0.2) is 0 Å². The summed E-state index contributed by atoms with van der Waals surface area (Å²) in [6.45, 7) is 4.29. The zero-order chi connectivity index (χ0) is 11.8. The van der Waals surface area contributed by atoms with Crippen molar-refractivity contribution in [3.8, 4) is 0 Å². The molecule has 0 radical (unpaired) electrons. The molecule has 1 atom stereocenters. The van der Waals surface area contributed by atoms with Gasteiger partial charge in [-0.05, 0) is 49.3 Å². The van der Waals surface area contributed by atoms with E-state index in [1.54, 1.807) is 0 Å². The summed E-state index contributed by atoms with van der Waals surface area (Å²) in [7, 11) is 0. The number of hydrogen-bond donors (Lipinski definition) is 1. The van der Waals surface area contributed by atoms with Gasteiger partial charge in [0.05, 0.1) is 0 Å². The van der Waals surface area contributed by atoms with Gasteiger partial charge in [0.1, 0.15) is 5.67 Å². The van der Waals surface area contributed by atoms with Gasteiger partial charge in [-0.2, -0.15) is 0 Å². The molecule has 0 heterocycles. The molecule has 1 aromatic rings. The van der Waals surface area contributed by atoms with E-state index >= 15 is 0 Å². The Hall–Kier alpha value is -0.890. The van der Waals surface area contributed by atoms with Crippen LogP contribution in [0.25, 0.3) is 0 Å². The van der Waals surface area contributed by atoms with Crippen molar-refractivity contribution < 1.29 is 4.39 Å². The second kappa shape index (κ2) is 4.17. The summed E-state index contributed by atoms with van der Waals surface area (Å²) < 4.78 is 14.5. The molecule has 1 nitrogen and oxygen atoms in total. The molecule has 2 rings (SSSR count). The van der Waals surface area contributed by atoms with Gasteiger partial charge in [-0.3, -0.25) is 0 Å². The minimum absolute atomic E-state index is 0.143. The van der Waals surface area contributed by atoms with Crippen LogP contribution < -0.4 is 5.73 Å². The van der Waals surface area contributed by atoms with Crippen LogP contribution in [0.1, 0.15) is 29.5 Å². The van der Waals surface area contributed by atoms with Gasteiger partial charge in [-0.15, -0.1) is 0 Å². The van der Waals surface area contributed by atoms with Crippen molar-refractivity contribution in [2.75, 3.05) is 6.54 Å². The van der Waals surface area contributed by atoms with Crippen LogP contribution in [-0.2, 0) is 6.42 Å². The topological polar surface area (TPSA) is 26.0 Å². The first-order chi connectivity index (χ1) is 7.55. The predicted octanol–water partition coefficient (Wildman–Crippen LogP) is 2.92. The van der Waals surface area contributed by atoms with E-state index in [4.69, 9.17) is 5.73 Å². The van der Waals surface area contributed by atoms with Crippen LogP contribution in [0, 0.1) is 19.8 Å². The standard InChI is InChI=1S/C14H20FN/c1-10-3-4-12(7-11(10)2)8-14(15,9-16)13-5-6-13/h3-4,7,13H,5-6,8-9,16H2,1-2H3. The second-order valence-corrected chi connectivity index (χ2v) is 5.11. The molecule has 1 aliphatic rings. The third kappa shape index (κ3) is 2.27. The van der Waals surface area contributed by atoms with Gasteiger partial charge in [0.2, 0.25) is 0 Å². The molecule has 0 aliphatic heterocycles. The second-order valence-electron chi connectivity index (χ2n) is 5.11. The van der Waals surface area contributed by atoms with Crippen molar-refractivity contribution in [2.45, 2.75) is 38.8 Å². The van der Waals surface area contributed by atoms with Gasteiger partial charge in [-0.25, -0.2) is 4.39 Å². The molecule has 0 spiro atoms. The molecule has 1 unspecified atom stereocenters. The fraction of sp³-hybridized carbons (Fsp3) is 0.571. The number of halogens is 1. The number of nitrogens with two attached hydrogens (primary N) is 1. The largest absolute Gasteiger partial charge is 0.328 e. The van der Waals surface area contributed by atoms with Crippen molar-refractivity contribution in [2.24, 2.45) is 11.7 Å². The fourth-order valence-corrected chi connectivity index (χ4v) is 2.24. The number of aryl methyl sites for hydroxylation is 2. The third-order valence-corrected chi connectivity index (χ3v) is 3.72. The normalized spacial score (nSPS) is 19.5. The predicted molar refractivity (Wildman–Crippen MR) is 65.2 cm³/mol. The quantitative estimate of drug-likeness (QED) is 0.831. The van der Waals surface area contributed by atoms with E-state index in [0.29, 0.717) is 6.42 Å². The Bertz CT molecular complexity index is 384. The van der Waals surface area contributed by atoms with Crippen LogP contribution in [0.3, 0.4) is 0 Å². The van der Waals surface area contributed by atoms with Gasteiger partial charge in [-0.1, -0.05) is 18.2 Å². The van der Waals surface area contributed by atoms with Crippen molar-refractivity contribution in [3.63, 3.8) is 0 Å². The maximum absolute atomic E-state index is 14.5. The van der Waals surface area contributed by atoms with Crippen molar-refractivity contribution in [1.29, 1.82) is 0 Å². The minimum Gasteiger partial charge on any atom is -0.328 e. The van der Waals surface area contributed by atoms with Crippen LogP contribution in [-0.4, -0.2) is 12.2 Å². The zero-order valence-corrected chi connectivity index (χ0v) is 10.1. The van der Waals surface area contributed by atoms with Gasteiger partial charge >= 0.3 is 0 Å². The monoisotopic (exact) mass is 221 g/mol. The average Bonchev–Trinajstić information content (AvgIpc) is 3.07. The number of alkyl halides is 1. The van der Waals surface area contributed by atoms with E-state index in [9.17, 15) is 4.39 Å². The van der Waals surface area contributed by atoms with Crippen LogP contribution >= 0.6 is 0 Å². The van der Waals surface area contributed by atoms with Gasteiger partial charge < -0.3 is 5.73 Å². The molecule has 2 N–H and O–H groups in total. The van der Waals surface area contributed by atoms with E-state index in [0.717, 1.165) is 18.4 Å². The molecule has 0 aromatic heterocycles. The molecule has 1 aromatic carbocycles. The molecule has 0 bridgehead atoms. The molecule has 1 fully saturated rings. The number of rotatable bonds is 4. The summed E-state index contributed by atoms with van der Waals surface area (Å²) >= 11 is 0. The smallest absolute Gasteiger partial charge is 0.130 e. The molecular weight excluding hydrogens is 201 g/mol. The molecule has 0 amide bonds. The van der Waals surface area contributed by atoms with E-state index < -0.39 is 5.67 Å². The van der Waals surface area contributed by atoms with Crippen LogP contribution in [0.15, 0.2) is 18.2 Å². The minimum atomic E-state index is -1.18. The number of hydrogen-bond acceptors (Lipinski definition) is 1. The van der Waals surface area contributed by atoms with Crippen molar-refractivity contribution in [3.05, 3.63) is 34.9 Å². The van der Waals surface area contributed by atoms with Gasteiger partial charge in [0.25, 0.3) is 0 Å². The lowest BCUT2D eigenvalue weighted by molar-refractivity contribution is 0.142. The molecular formula is C14H20FN. The first kappa shape index (κ1) is 11.6. The maximum atomic E-state index is 14.5. The molecule has 16 heavy (non-hydrogen) atoms. The SMILES string of the molecule is Cc1ccc(CC(F)(CN)C2CC2)cc1C. The molecule has 0 saturated heterocycles. The Kier molecular flexibility index (Phi) is 3.02. The van der Waals surface area contributed by atoms with E-state index in [2.05, 4.69) is 26.0 Å². The Labute approximate surface area is 96.9 Å². The van der Waals surface area contributed by atoms with E-state index in [1.807, 2.05) is 6.07 Å². The Morgan fingerprint density at radius 1 is 1.31 bits per heavy atom. The zero-order valence-electron chi connectivity index (χ0n) is 10.1. The highest BCUT2D eigenvalue weighted by Gasteiger charge is 2.44. The highest BCUT2D eigenvalue weighted by molar-refractivity contribution is 5.31. The Morgan fingerprint density at radius 3 is 2.50 bits per heavy atom. The lowest BCUT2D eigenvalue weighted by atomic mass is 9.90. The summed E-state index contributed by atoms with van der Waals surface area (Å²) in [6, 6.07) is 6.17.